The average Bonchev–Trinajstić information content (AvgIpc) is 2.28. The Morgan fingerprint density at radius 3 is 2.18 bits per heavy atom. The van der Waals surface area contributed by atoms with Gasteiger partial charge in [0.2, 0.25) is 0 Å². The van der Waals surface area contributed by atoms with Gasteiger partial charge in [-0.25, -0.2) is 0 Å². The predicted molar refractivity (Wildman–Crippen MR) is 60.1 cm³/mol. The lowest BCUT2D eigenvalue weighted by atomic mass is 10.1. The Hall–Kier alpha value is -1.30. The molecule has 1 rings (SSSR count). The molecule has 0 aromatic heterocycles. The lowest BCUT2D eigenvalue weighted by molar-refractivity contribution is 0.0996. The van der Waals surface area contributed by atoms with E-state index in [0.717, 1.165) is 0 Å². The highest BCUT2D eigenvalue weighted by Gasteiger charge is 2.12. The van der Waals surface area contributed by atoms with Crippen LogP contribution in [0.2, 0.25) is 0 Å². The second kappa shape index (κ2) is 5.86. The van der Waals surface area contributed by atoms with E-state index in [0.29, 0.717) is 5.56 Å². The van der Waals surface area contributed by atoms with E-state index >= 15 is 0 Å². The Kier molecular flexibility index (Phi) is 4.74. The first kappa shape index (κ1) is 13.8. The minimum absolute atomic E-state index is 0.103. The van der Waals surface area contributed by atoms with Gasteiger partial charge >= 0.3 is 12.1 Å². The smallest absolute Gasteiger partial charge is 0.344 e. The number of carbonyl (C=O) groups is 1. The largest absolute Gasteiger partial charge is 0.428 e. The number of rotatable bonds is 4. The molecule has 0 spiro atoms. The van der Waals surface area contributed by atoms with Crippen molar-refractivity contribution in [1.29, 1.82) is 0 Å². The fourth-order valence-corrected chi connectivity index (χ4v) is 1.32. The summed E-state index contributed by atoms with van der Waals surface area (Å²) in [5.74, 6) is -0.265. The van der Waals surface area contributed by atoms with Gasteiger partial charge in [0.15, 0.2) is 5.78 Å². The van der Waals surface area contributed by atoms with Crippen LogP contribution in [0.3, 0.4) is 0 Å². The Morgan fingerprint density at radius 2 is 1.76 bits per heavy atom. The molecule has 0 amide bonds. The van der Waals surface area contributed by atoms with Crippen molar-refractivity contribution in [2.75, 3.05) is 0 Å². The summed E-state index contributed by atoms with van der Waals surface area (Å²) in [6, 6.07) is 3.28. The third kappa shape index (κ3) is 3.89. The molecule has 0 bridgehead atoms. The molecule has 0 saturated heterocycles. The molecule has 0 aliphatic heterocycles. The molecular weight excluding hydrogens is 301 g/mol. The molecule has 0 fully saturated rings. The SMILES string of the molecule is CC(Br)C(=O)c1ccc(OC(F)=C(F)F)cc1. The van der Waals surface area contributed by atoms with Crippen LogP contribution in [0.4, 0.5) is 13.2 Å². The molecule has 0 aliphatic carbocycles. The number of Topliss-reactive ketones (excluding diaryl/α,β-unsaturated/α-hetero) is 1. The van der Waals surface area contributed by atoms with E-state index in [-0.39, 0.29) is 16.4 Å². The van der Waals surface area contributed by atoms with E-state index in [2.05, 4.69) is 20.7 Å². The lowest BCUT2D eigenvalue weighted by Crippen LogP contribution is -2.09. The second-order valence-corrected chi connectivity index (χ2v) is 4.51. The van der Waals surface area contributed by atoms with Crippen molar-refractivity contribution < 1.29 is 22.7 Å². The Morgan fingerprint density at radius 1 is 1.24 bits per heavy atom. The summed E-state index contributed by atoms with van der Waals surface area (Å²) in [7, 11) is 0. The second-order valence-electron chi connectivity index (χ2n) is 3.14. The summed E-state index contributed by atoms with van der Waals surface area (Å²) in [5, 5.41) is 0. The summed E-state index contributed by atoms with van der Waals surface area (Å²) < 4.78 is 40.1. The van der Waals surface area contributed by atoms with E-state index in [1.807, 2.05) is 0 Å². The number of carbonyl (C=O) groups excluding carboxylic acids is 1. The van der Waals surface area contributed by atoms with Gasteiger partial charge in [-0.05, 0) is 31.2 Å². The first-order valence-corrected chi connectivity index (χ1v) is 5.50. The minimum atomic E-state index is -2.53. The summed E-state index contributed by atoms with van der Waals surface area (Å²) >= 11 is 3.11. The first-order valence-electron chi connectivity index (χ1n) is 4.58. The number of halogens is 4. The lowest BCUT2D eigenvalue weighted by Gasteiger charge is -2.05. The number of hydrogen-bond acceptors (Lipinski definition) is 2. The normalized spacial score (nSPS) is 11.8. The van der Waals surface area contributed by atoms with Crippen molar-refractivity contribution in [1.82, 2.24) is 0 Å². The van der Waals surface area contributed by atoms with E-state index in [1.54, 1.807) is 6.92 Å². The van der Waals surface area contributed by atoms with Gasteiger partial charge in [0.1, 0.15) is 5.75 Å². The van der Waals surface area contributed by atoms with Crippen molar-refractivity contribution >= 4 is 21.7 Å². The van der Waals surface area contributed by atoms with Gasteiger partial charge in [-0.15, -0.1) is 0 Å². The van der Waals surface area contributed by atoms with Crippen LogP contribution in [-0.4, -0.2) is 10.6 Å². The maximum absolute atomic E-state index is 12.4. The summed E-state index contributed by atoms with van der Waals surface area (Å²) in [4.78, 5) is 11.1. The van der Waals surface area contributed by atoms with Gasteiger partial charge in [-0.2, -0.15) is 13.2 Å². The fraction of sp³-hybridized carbons (Fsp3) is 0.182. The number of alkyl halides is 1. The molecular formula is C11H8BrF3O2. The van der Waals surface area contributed by atoms with Crippen LogP contribution in [-0.2, 0) is 0 Å². The molecule has 0 radical (unpaired) electrons. The van der Waals surface area contributed by atoms with Crippen LogP contribution >= 0.6 is 15.9 Å². The van der Waals surface area contributed by atoms with E-state index in [4.69, 9.17) is 0 Å². The molecule has 92 valence electrons. The number of ketones is 1. The van der Waals surface area contributed by atoms with Crippen LogP contribution in [0, 0.1) is 0 Å². The third-order valence-electron chi connectivity index (χ3n) is 1.86. The zero-order valence-corrected chi connectivity index (χ0v) is 10.3. The van der Waals surface area contributed by atoms with Crippen LogP contribution in [0.15, 0.2) is 36.4 Å². The molecule has 0 aliphatic rings. The molecule has 2 nitrogen and oxygen atoms in total. The van der Waals surface area contributed by atoms with Gasteiger partial charge in [0.05, 0.1) is 4.83 Å². The monoisotopic (exact) mass is 308 g/mol. The molecule has 1 aromatic rings. The molecule has 6 heteroatoms. The summed E-state index contributed by atoms with van der Waals surface area (Å²) in [6.07, 6.45) is -2.53. The van der Waals surface area contributed by atoms with Gasteiger partial charge < -0.3 is 4.74 Å². The van der Waals surface area contributed by atoms with E-state index in [9.17, 15) is 18.0 Å². The van der Waals surface area contributed by atoms with Gasteiger partial charge in [-0.3, -0.25) is 4.79 Å². The Bertz CT molecular complexity index is 437. The molecule has 17 heavy (non-hydrogen) atoms. The molecule has 0 saturated carbocycles. The highest BCUT2D eigenvalue weighted by molar-refractivity contribution is 9.10. The van der Waals surface area contributed by atoms with Crippen LogP contribution < -0.4 is 4.74 Å². The highest BCUT2D eigenvalue weighted by Crippen LogP contribution is 2.20. The van der Waals surface area contributed by atoms with Crippen LogP contribution in [0.5, 0.6) is 5.75 Å². The predicted octanol–water partition coefficient (Wildman–Crippen LogP) is 4.07. The van der Waals surface area contributed by atoms with E-state index < -0.39 is 12.1 Å². The average molecular weight is 309 g/mol. The zero-order valence-electron chi connectivity index (χ0n) is 8.72. The molecule has 1 atom stereocenters. The van der Waals surface area contributed by atoms with Crippen molar-refractivity contribution in [2.24, 2.45) is 0 Å². The standard InChI is InChI=1S/C11H8BrF3O2/c1-6(12)9(16)7-2-4-8(5-3-7)17-11(15)10(13)14/h2-6H,1H3. The van der Waals surface area contributed by atoms with Crippen molar-refractivity contribution in [3.63, 3.8) is 0 Å². The Labute approximate surface area is 104 Å². The number of benzene rings is 1. The molecule has 0 N–H and O–H groups in total. The maximum Gasteiger partial charge on any atom is 0.344 e. The zero-order chi connectivity index (χ0) is 13.0. The van der Waals surface area contributed by atoms with Gasteiger partial charge in [0, 0.05) is 5.56 Å². The third-order valence-corrected chi connectivity index (χ3v) is 2.27. The number of hydrogen-bond donors (Lipinski definition) is 0. The fourth-order valence-electron chi connectivity index (χ4n) is 1.06. The van der Waals surface area contributed by atoms with Crippen molar-refractivity contribution in [3.05, 3.63) is 41.9 Å². The molecule has 1 aromatic carbocycles. The van der Waals surface area contributed by atoms with Crippen LogP contribution in [0.1, 0.15) is 17.3 Å². The van der Waals surface area contributed by atoms with Crippen LogP contribution in [0.25, 0.3) is 0 Å². The summed E-state index contributed by atoms with van der Waals surface area (Å²) in [6.45, 7) is 1.66. The topological polar surface area (TPSA) is 26.3 Å². The number of ether oxygens (including phenoxy) is 1. The summed E-state index contributed by atoms with van der Waals surface area (Å²) in [5.41, 5.74) is 0.381. The Balaban J connectivity index is 2.82. The first-order chi connectivity index (χ1) is 7.91. The quantitative estimate of drug-likeness (QED) is 0.476. The molecule has 1 unspecified atom stereocenters. The highest BCUT2D eigenvalue weighted by atomic mass is 79.9. The molecule has 0 heterocycles. The van der Waals surface area contributed by atoms with E-state index in [1.165, 1.54) is 24.3 Å². The maximum atomic E-state index is 12.4. The van der Waals surface area contributed by atoms with Gasteiger partial charge in [-0.1, -0.05) is 15.9 Å². The van der Waals surface area contributed by atoms with Gasteiger partial charge in [0.25, 0.3) is 0 Å². The van der Waals surface area contributed by atoms with Crippen molar-refractivity contribution in [3.8, 4) is 5.75 Å². The minimum Gasteiger partial charge on any atom is -0.428 e. The van der Waals surface area contributed by atoms with Crippen molar-refractivity contribution in [2.45, 2.75) is 11.8 Å².